The molecule has 3 heteroatoms. The van der Waals surface area contributed by atoms with Gasteiger partial charge in [-0.1, -0.05) is 43.6 Å². The fourth-order valence-corrected chi connectivity index (χ4v) is 1.65. The van der Waals surface area contributed by atoms with Crippen LogP contribution in [0.1, 0.15) is 48.0 Å². The number of nitrogens with one attached hydrogen (secondary N) is 1. The van der Waals surface area contributed by atoms with E-state index in [4.69, 9.17) is 0 Å². The lowest BCUT2D eigenvalue weighted by molar-refractivity contribution is 0.352. The number of hydrogen-bond donors (Lipinski definition) is 1. The van der Waals surface area contributed by atoms with Crippen LogP contribution in [-0.2, 0) is 0 Å². The summed E-state index contributed by atoms with van der Waals surface area (Å²) < 4.78 is 11.1. The minimum Gasteiger partial charge on any atom is -0.299 e. The molecule has 0 fully saturated rings. The monoisotopic (exact) mass is 258 g/mol. The Labute approximate surface area is 113 Å². The summed E-state index contributed by atoms with van der Waals surface area (Å²) in [6, 6.07) is 0. The van der Waals surface area contributed by atoms with Gasteiger partial charge in [-0.15, -0.1) is 4.48 Å². The Bertz CT molecular complexity index is 257. The molecule has 0 unspecified atom stereocenters. The molecule has 0 amide bonds. The van der Waals surface area contributed by atoms with Gasteiger partial charge in [0.15, 0.2) is 0 Å². The summed E-state index contributed by atoms with van der Waals surface area (Å²) in [4.78, 5) is 2.36. The molecular formula is C15H31FN2. The third-order valence-corrected chi connectivity index (χ3v) is 2.84. The van der Waals surface area contributed by atoms with Gasteiger partial charge >= 0.3 is 0 Å². The fourth-order valence-electron chi connectivity index (χ4n) is 1.65. The molecule has 0 aliphatic carbocycles. The second-order valence-electron chi connectivity index (χ2n) is 4.36. The Hall–Kier alpha value is -0.670. The van der Waals surface area contributed by atoms with Gasteiger partial charge in [0.2, 0.25) is 0 Å². The molecule has 1 aliphatic rings. The summed E-state index contributed by atoms with van der Waals surface area (Å²) >= 11 is 0. The average molecular weight is 258 g/mol. The zero-order valence-corrected chi connectivity index (χ0v) is 13.2. The van der Waals surface area contributed by atoms with E-state index in [1.54, 1.807) is 16.7 Å². The van der Waals surface area contributed by atoms with Gasteiger partial charge in [-0.3, -0.25) is 4.90 Å². The van der Waals surface area contributed by atoms with Crippen LogP contribution >= 0.6 is 0 Å². The summed E-state index contributed by atoms with van der Waals surface area (Å²) in [6.45, 7) is 14.9. The maximum atomic E-state index is 11.1. The van der Waals surface area contributed by atoms with Crippen molar-refractivity contribution >= 4 is 0 Å². The number of allylic oxidation sites excluding steroid dienone is 1. The molecule has 0 atom stereocenters. The first-order valence-electron chi connectivity index (χ1n) is 6.86. The van der Waals surface area contributed by atoms with Crippen molar-refractivity contribution in [1.82, 2.24) is 10.4 Å². The highest BCUT2D eigenvalue weighted by atomic mass is 19.2. The summed E-state index contributed by atoms with van der Waals surface area (Å²) in [6.07, 6.45) is 3.10. The molecule has 108 valence electrons. The van der Waals surface area contributed by atoms with E-state index in [0.717, 1.165) is 5.57 Å². The number of rotatable bonds is 3. The van der Waals surface area contributed by atoms with Crippen LogP contribution in [0.25, 0.3) is 0 Å². The number of halogens is 1. The molecule has 0 spiro atoms. The van der Waals surface area contributed by atoms with E-state index in [1.807, 2.05) is 33.8 Å². The molecule has 0 bridgehead atoms. The first-order chi connectivity index (χ1) is 8.54. The Morgan fingerprint density at radius 1 is 1.39 bits per heavy atom. The smallest absolute Gasteiger partial charge is 0.0467 e. The van der Waals surface area contributed by atoms with Gasteiger partial charge < -0.3 is 0 Å². The van der Waals surface area contributed by atoms with Crippen molar-refractivity contribution in [3.63, 3.8) is 0 Å². The van der Waals surface area contributed by atoms with Crippen molar-refractivity contribution in [2.75, 3.05) is 26.7 Å². The highest BCUT2D eigenvalue weighted by molar-refractivity contribution is 5.19. The van der Waals surface area contributed by atoms with Gasteiger partial charge in [-0.05, 0) is 34.2 Å². The molecule has 0 saturated heterocycles. The maximum absolute atomic E-state index is 11.1. The Balaban J connectivity index is 0. The molecule has 0 aromatic carbocycles. The largest absolute Gasteiger partial charge is 0.299 e. The molecule has 2 nitrogen and oxygen atoms in total. The minimum absolute atomic E-state index is 0.344. The number of likely N-dealkylation sites (N-methyl/N-ethyl adjacent to an activating group) is 1. The van der Waals surface area contributed by atoms with Crippen LogP contribution in [-0.4, -0.2) is 31.6 Å². The Morgan fingerprint density at radius 2 is 1.94 bits per heavy atom. The van der Waals surface area contributed by atoms with Crippen molar-refractivity contribution in [3.8, 4) is 0 Å². The van der Waals surface area contributed by atoms with Gasteiger partial charge in [0.25, 0.3) is 0 Å². The van der Waals surface area contributed by atoms with Crippen molar-refractivity contribution in [1.29, 1.82) is 0 Å². The molecule has 0 saturated carbocycles. The lowest BCUT2D eigenvalue weighted by Gasteiger charge is -2.05. The lowest BCUT2D eigenvalue weighted by Crippen LogP contribution is -2.14. The molecule has 0 aromatic rings. The van der Waals surface area contributed by atoms with Gasteiger partial charge in [-0.2, -0.15) is 5.54 Å². The van der Waals surface area contributed by atoms with Crippen molar-refractivity contribution in [2.24, 2.45) is 0 Å². The zero-order valence-electron chi connectivity index (χ0n) is 13.2. The molecule has 1 heterocycles. The molecule has 0 aromatic heterocycles. The normalized spacial score (nSPS) is 15.9. The second kappa shape index (κ2) is 12.8. The van der Waals surface area contributed by atoms with Crippen molar-refractivity contribution < 1.29 is 4.48 Å². The van der Waals surface area contributed by atoms with Crippen molar-refractivity contribution in [3.05, 3.63) is 22.8 Å². The fraction of sp³-hybridized carbons (Fsp3) is 0.733. The van der Waals surface area contributed by atoms with Crippen LogP contribution in [0, 0.1) is 0 Å². The lowest BCUT2D eigenvalue weighted by atomic mass is 10.1. The Kier molecular flexibility index (Phi) is 14.0. The van der Waals surface area contributed by atoms with Crippen LogP contribution in [0.5, 0.6) is 0 Å². The van der Waals surface area contributed by atoms with Crippen LogP contribution in [0.3, 0.4) is 0 Å². The quantitative estimate of drug-likeness (QED) is 0.605. The molecule has 1 N–H and O–H groups in total. The Morgan fingerprint density at radius 3 is 2.11 bits per heavy atom. The highest BCUT2D eigenvalue weighted by Crippen LogP contribution is 2.17. The highest BCUT2D eigenvalue weighted by Gasteiger charge is 2.12. The van der Waals surface area contributed by atoms with Crippen LogP contribution in [0.2, 0.25) is 0 Å². The topological polar surface area (TPSA) is 15.3 Å². The second-order valence-corrected chi connectivity index (χ2v) is 4.36. The minimum atomic E-state index is 0.344. The first-order valence-corrected chi connectivity index (χ1v) is 6.86. The average Bonchev–Trinajstić information content (AvgIpc) is 2.71. The van der Waals surface area contributed by atoms with E-state index in [1.165, 1.54) is 19.5 Å². The predicted octanol–water partition coefficient (Wildman–Crippen LogP) is 4.11. The first kappa shape index (κ1) is 19.7. The van der Waals surface area contributed by atoms with Crippen LogP contribution in [0.4, 0.5) is 4.48 Å². The van der Waals surface area contributed by atoms with Gasteiger partial charge in [-0.25, -0.2) is 0 Å². The molecule has 0 radical (unpaired) electrons. The number of hydrogen-bond acceptors (Lipinski definition) is 2. The number of nitrogens with zero attached hydrogens (tertiary/aromatic N) is 1. The summed E-state index contributed by atoms with van der Waals surface area (Å²) in [5.74, 6) is 0. The van der Waals surface area contributed by atoms with Gasteiger partial charge in [0.1, 0.15) is 0 Å². The van der Waals surface area contributed by atoms with E-state index >= 15 is 0 Å². The molecular weight excluding hydrogens is 227 g/mol. The van der Waals surface area contributed by atoms with E-state index in [-0.39, 0.29) is 0 Å². The predicted molar refractivity (Wildman–Crippen MR) is 80.4 cm³/mol. The summed E-state index contributed by atoms with van der Waals surface area (Å²) in [5.41, 5.74) is 5.79. The SMILES string of the molecule is C/C=C(\C)CNF.CC.CCC1=C(C)CN(C)C1. The third-order valence-electron chi connectivity index (χ3n) is 2.84. The molecule has 1 rings (SSSR count). The van der Waals surface area contributed by atoms with Crippen LogP contribution in [0.15, 0.2) is 22.8 Å². The standard InChI is InChI=1S/C8H15N.C5H10FN.C2H6/c1-4-8-6-9(3)5-7(8)2;1-3-5(2)4-7-6;1-2/h4-6H2,1-3H3;3,7H,4H2,1-2H3;1-2H3/b;5-3+;. The molecule has 1 aliphatic heterocycles. The van der Waals surface area contributed by atoms with Gasteiger partial charge in [0, 0.05) is 19.6 Å². The third kappa shape index (κ3) is 9.37. The van der Waals surface area contributed by atoms with E-state index in [2.05, 4.69) is 25.8 Å². The van der Waals surface area contributed by atoms with E-state index in [0.29, 0.717) is 6.54 Å². The molecule has 18 heavy (non-hydrogen) atoms. The maximum Gasteiger partial charge on any atom is 0.0467 e. The zero-order chi connectivity index (χ0) is 14.6. The summed E-state index contributed by atoms with van der Waals surface area (Å²) in [7, 11) is 2.17. The van der Waals surface area contributed by atoms with Crippen molar-refractivity contribution in [2.45, 2.75) is 48.0 Å². The van der Waals surface area contributed by atoms with E-state index in [9.17, 15) is 4.48 Å². The van der Waals surface area contributed by atoms with E-state index < -0.39 is 0 Å². The van der Waals surface area contributed by atoms with Gasteiger partial charge in [0.05, 0.1) is 0 Å². The summed E-state index contributed by atoms with van der Waals surface area (Å²) in [5, 5.41) is 0. The van der Waals surface area contributed by atoms with Crippen LogP contribution < -0.4 is 5.54 Å².